The molecule has 0 aromatic carbocycles. The van der Waals surface area contributed by atoms with Crippen LogP contribution in [-0.4, -0.2) is 23.5 Å². The van der Waals surface area contributed by atoms with Gasteiger partial charge in [-0.15, -0.1) is 0 Å². The Labute approximate surface area is 128 Å². The van der Waals surface area contributed by atoms with Crippen LogP contribution in [0.1, 0.15) is 69.4 Å². The number of hydrogen-bond acceptors (Lipinski definition) is 3. The van der Waals surface area contributed by atoms with Gasteiger partial charge in [-0.2, -0.15) is 0 Å². The summed E-state index contributed by atoms with van der Waals surface area (Å²) in [5.41, 5.74) is 1.68. The minimum atomic E-state index is -0.00440. The topological polar surface area (TPSA) is 54.0 Å². The summed E-state index contributed by atoms with van der Waals surface area (Å²) in [5, 5.41) is 6.33. The Morgan fingerprint density at radius 1 is 1.19 bits per heavy atom. The van der Waals surface area contributed by atoms with E-state index in [2.05, 4.69) is 36.4 Å². The zero-order chi connectivity index (χ0) is 15.7. The highest BCUT2D eigenvalue weighted by Crippen LogP contribution is 2.13. The Bertz CT molecular complexity index is 446. The van der Waals surface area contributed by atoms with E-state index in [4.69, 9.17) is 0 Å². The zero-order valence-electron chi connectivity index (χ0n) is 13.8. The van der Waals surface area contributed by atoms with Gasteiger partial charge in [0.1, 0.15) is 5.82 Å². The molecule has 0 bridgehead atoms. The molecule has 0 aliphatic carbocycles. The summed E-state index contributed by atoms with van der Waals surface area (Å²) in [6.07, 6.45) is 5.03. The molecule has 0 saturated carbocycles. The maximum atomic E-state index is 12.3. The summed E-state index contributed by atoms with van der Waals surface area (Å²) in [5.74, 6) is 0.798. The number of anilines is 1. The number of hydrogen-bond donors (Lipinski definition) is 2. The van der Waals surface area contributed by atoms with Crippen LogP contribution in [0.5, 0.6) is 0 Å². The van der Waals surface area contributed by atoms with E-state index in [1.165, 1.54) is 0 Å². The summed E-state index contributed by atoms with van der Waals surface area (Å²) < 4.78 is 0. The molecule has 1 rings (SSSR count). The summed E-state index contributed by atoms with van der Waals surface area (Å²) in [6, 6.07) is 3.97. The highest BCUT2D eigenvalue weighted by atomic mass is 16.1. The van der Waals surface area contributed by atoms with E-state index in [-0.39, 0.29) is 11.9 Å². The molecule has 2 N–H and O–H groups in total. The van der Waals surface area contributed by atoms with Crippen molar-refractivity contribution in [3.05, 3.63) is 23.4 Å². The Kier molecular flexibility index (Phi) is 7.80. The first-order chi connectivity index (χ1) is 10.1. The molecular weight excluding hydrogens is 262 g/mol. The molecule has 1 amide bonds. The van der Waals surface area contributed by atoms with Gasteiger partial charge in [0.2, 0.25) is 0 Å². The van der Waals surface area contributed by atoms with Crippen LogP contribution < -0.4 is 10.6 Å². The van der Waals surface area contributed by atoms with Crippen LogP contribution in [0.3, 0.4) is 0 Å². The smallest absolute Gasteiger partial charge is 0.251 e. The fraction of sp³-hybridized carbons (Fsp3) is 0.647. The van der Waals surface area contributed by atoms with Crippen LogP contribution in [0, 0.1) is 0 Å². The predicted octanol–water partition coefficient (Wildman–Crippen LogP) is 3.77. The van der Waals surface area contributed by atoms with Gasteiger partial charge in [0.15, 0.2) is 0 Å². The number of pyridine rings is 1. The van der Waals surface area contributed by atoms with E-state index in [9.17, 15) is 4.79 Å². The van der Waals surface area contributed by atoms with Crippen molar-refractivity contribution in [2.45, 2.75) is 65.8 Å². The van der Waals surface area contributed by atoms with E-state index in [1.54, 1.807) is 0 Å². The molecular formula is C17H29N3O. The van der Waals surface area contributed by atoms with Crippen LogP contribution in [0.15, 0.2) is 12.1 Å². The summed E-state index contributed by atoms with van der Waals surface area (Å²) in [6.45, 7) is 9.28. The van der Waals surface area contributed by atoms with Gasteiger partial charge in [-0.05, 0) is 38.3 Å². The summed E-state index contributed by atoms with van der Waals surface area (Å²) in [7, 11) is 0. The molecule has 1 aromatic heterocycles. The van der Waals surface area contributed by atoms with Crippen molar-refractivity contribution in [2.75, 3.05) is 11.9 Å². The van der Waals surface area contributed by atoms with E-state index in [0.717, 1.165) is 50.2 Å². The number of carbonyl (C=O) groups excluding carboxylic acids is 1. The number of carbonyl (C=O) groups is 1. The quantitative estimate of drug-likeness (QED) is 0.728. The lowest BCUT2D eigenvalue weighted by Crippen LogP contribution is -2.32. The van der Waals surface area contributed by atoms with Crippen molar-refractivity contribution >= 4 is 11.7 Å². The second-order valence-corrected chi connectivity index (χ2v) is 5.57. The van der Waals surface area contributed by atoms with Gasteiger partial charge in [0.05, 0.1) is 0 Å². The van der Waals surface area contributed by atoms with Crippen molar-refractivity contribution < 1.29 is 4.79 Å². The van der Waals surface area contributed by atoms with E-state index < -0.39 is 0 Å². The molecule has 0 aliphatic rings. The van der Waals surface area contributed by atoms with Crippen LogP contribution in [-0.2, 0) is 6.42 Å². The van der Waals surface area contributed by atoms with Gasteiger partial charge in [-0.25, -0.2) is 4.98 Å². The molecule has 0 saturated heterocycles. The number of nitrogens with one attached hydrogen (secondary N) is 2. The average molecular weight is 291 g/mol. The maximum absolute atomic E-state index is 12.3. The second kappa shape index (κ2) is 9.37. The third kappa shape index (κ3) is 6.15. The fourth-order valence-electron chi connectivity index (χ4n) is 2.26. The van der Waals surface area contributed by atoms with Gasteiger partial charge in [0.25, 0.3) is 5.91 Å². The molecule has 4 nitrogen and oxygen atoms in total. The first kappa shape index (κ1) is 17.5. The van der Waals surface area contributed by atoms with Crippen molar-refractivity contribution in [3.63, 3.8) is 0 Å². The van der Waals surface area contributed by atoms with Gasteiger partial charge >= 0.3 is 0 Å². The van der Waals surface area contributed by atoms with E-state index in [0.29, 0.717) is 5.56 Å². The van der Waals surface area contributed by atoms with E-state index >= 15 is 0 Å². The maximum Gasteiger partial charge on any atom is 0.251 e. The Morgan fingerprint density at radius 2 is 1.95 bits per heavy atom. The molecule has 0 spiro atoms. The van der Waals surface area contributed by atoms with Gasteiger partial charge in [-0.1, -0.05) is 33.6 Å². The van der Waals surface area contributed by atoms with Gasteiger partial charge in [-0.3, -0.25) is 4.79 Å². The predicted molar refractivity (Wildman–Crippen MR) is 88.8 cm³/mol. The number of nitrogens with zero attached hydrogens (tertiary/aromatic N) is 1. The number of aryl methyl sites for hydroxylation is 1. The lowest BCUT2D eigenvalue weighted by molar-refractivity contribution is 0.0938. The third-order valence-electron chi connectivity index (χ3n) is 3.30. The molecule has 1 aromatic rings. The SMILES string of the molecule is CCCNc1cc(C(=O)NC(C)CCC)cc(CCC)n1. The van der Waals surface area contributed by atoms with Crippen LogP contribution in [0.2, 0.25) is 0 Å². The molecule has 0 fully saturated rings. The third-order valence-corrected chi connectivity index (χ3v) is 3.30. The van der Waals surface area contributed by atoms with Crippen LogP contribution >= 0.6 is 0 Å². The first-order valence-corrected chi connectivity index (χ1v) is 8.16. The standard InChI is InChI=1S/C17H29N3O/c1-5-8-13(4)19-17(21)14-11-15(9-6-2)20-16(12-14)18-10-7-3/h11-13H,5-10H2,1-4H3,(H,18,20)(H,19,21). The average Bonchev–Trinajstić information content (AvgIpc) is 2.45. The Balaban J connectivity index is 2.87. The number of aromatic nitrogens is 1. The lowest BCUT2D eigenvalue weighted by Gasteiger charge is -2.14. The zero-order valence-corrected chi connectivity index (χ0v) is 13.8. The first-order valence-electron chi connectivity index (χ1n) is 8.16. The molecule has 4 heteroatoms. The molecule has 1 heterocycles. The minimum Gasteiger partial charge on any atom is -0.370 e. The molecule has 118 valence electrons. The summed E-state index contributed by atoms with van der Waals surface area (Å²) >= 11 is 0. The molecule has 21 heavy (non-hydrogen) atoms. The lowest BCUT2D eigenvalue weighted by atomic mass is 10.1. The Hall–Kier alpha value is -1.58. The molecule has 0 radical (unpaired) electrons. The van der Waals surface area contributed by atoms with Crippen molar-refractivity contribution in [1.29, 1.82) is 0 Å². The van der Waals surface area contributed by atoms with Gasteiger partial charge in [0, 0.05) is 23.8 Å². The highest BCUT2D eigenvalue weighted by Gasteiger charge is 2.12. The molecule has 1 unspecified atom stereocenters. The fourth-order valence-corrected chi connectivity index (χ4v) is 2.26. The molecule has 0 aliphatic heterocycles. The second-order valence-electron chi connectivity index (χ2n) is 5.57. The van der Waals surface area contributed by atoms with Gasteiger partial charge < -0.3 is 10.6 Å². The Morgan fingerprint density at radius 3 is 2.57 bits per heavy atom. The summed E-state index contributed by atoms with van der Waals surface area (Å²) in [4.78, 5) is 16.9. The highest BCUT2D eigenvalue weighted by molar-refractivity contribution is 5.95. The van der Waals surface area contributed by atoms with E-state index in [1.807, 2.05) is 19.1 Å². The van der Waals surface area contributed by atoms with Crippen LogP contribution in [0.4, 0.5) is 5.82 Å². The largest absolute Gasteiger partial charge is 0.370 e. The number of rotatable bonds is 9. The normalized spacial score (nSPS) is 12.0. The van der Waals surface area contributed by atoms with Crippen LogP contribution in [0.25, 0.3) is 0 Å². The minimum absolute atomic E-state index is 0.00440. The van der Waals surface area contributed by atoms with Crippen molar-refractivity contribution in [2.24, 2.45) is 0 Å². The van der Waals surface area contributed by atoms with Crippen molar-refractivity contribution in [1.82, 2.24) is 10.3 Å². The van der Waals surface area contributed by atoms with Crippen molar-refractivity contribution in [3.8, 4) is 0 Å². The number of amides is 1. The monoisotopic (exact) mass is 291 g/mol. The molecule has 1 atom stereocenters.